The van der Waals surface area contributed by atoms with Crippen molar-refractivity contribution in [1.82, 2.24) is 9.97 Å². The van der Waals surface area contributed by atoms with Crippen LogP contribution in [-0.2, 0) is 19.4 Å². The zero-order valence-electron chi connectivity index (χ0n) is 12.1. The second kappa shape index (κ2) is 5.02. The Balaban J connectivity index is 1.66. The predicted octanol–water partition coefficient (Wildman–Crippen LogP) is 2.72. The van der Waals surface area contributed by atoms with Gasteiger partial charge in [0.25, 0.3) is 0 Å². The van der Waals surface area contributed by atoms with E-state index in [9.17, 15) is 0 Å². The van der Waals surface area contributed by atoms with Crippen molar-refractivity contribution >= 4 is 11.5 Å². The maximum Gasteiger partial charge on any atom is 0.135 e. The zero-order chi connectivity index (χ0) is 14.2. The molecular weight excluding hydrogens is 260 g/mol. The van der Waals surface area contributed by atoms with Gasteiger partial charge in [-0.1, -0.05) is 12.1 Å². The first-order valence-corrected chi connectivity index (χ1v) is 7.75. The van der Waals surface area contributed by atoms with E-state index in [1.54, 1.807) is 6.33 Å². The lowest BCUT2D eigenvalue weighted by atomic mass is 10.1. The lowest BCUT2D eigenvalue weighted by molar-refractivity contribution is 0.766. The van der Waals surface area contributed by atoms with E-state index in [2.05, 4.69) is 27.0 Å². The van der Waals surface area contributed by atoms with E-state index >= 15 is 0 Å². The number of rotatable bonds is 4. The van der Waals surface area contributed by atoms with Gasteiger partial charge in [0.05, 0.1) is 0 Å². The van der Waals surface area contributed by atoms with Crippen LogP contribution in [0.15, 0.2) is 30.6 Å². The first-order valence-electron chi connectivity index (χ1n) is 7.75. The average molecular weight is 280 g/mol. The Morgan fingerprint density at radius 1 is 1.10 bits per heavy atom. The highest BCUT2D eigenvalue weighted by Gasteiger charge is 2.32. The monoisotopic (exact) mass is 280 g/mol. The summed E-state index contributed by atoms with van der Waals surface area (Å²) in [6, 6.07) is 8.83. The molecule has 0 unspecified atom stereocenters. The Hall–Kier alpha value is -2.10. The molecule has 2 N–H and O–H groups in total. The number of anilines is 2. The second-order valence-electron chi connectivity index (χ2n) is 6.08. The summed E-state index contributed by atoms with van der Waals surface area (Å²) in [6.45, 7) is 0.911. The van der Waals surface area contributed by atoms with Crippen LogP contribution in [0.1, 0.15) is 36.1 Å². The van der Waals surface area contributed by atoms with Gasteiger partial charge in [0, 0.05) is 29.5 Å². The molecule has 0 radical (unpaired) electrons. The molecule has 0 saturated heterocycles. The number of nitrogens with two attached hydrogens (primary N) is 1. The number of aryl methyl sites for hydroxylation is 1. The minimum Gasteiger partial charge on any atom is -0.399 e. The summed E-state index contributed by atoms with van der Waals surface area (Å²) in [5, 5.41) is 0. The number of nitrogen functional groups attached to an aromatic ring is 1. The van der Waals surface area contributed by atoms with E-state index in [0.717, 1.165) is 30.9 Å². The summed E-state index contributed by atoms with van der Waals surface area (Å²) < 4.78 is 0. The molecule has 0 atom stereocenters. The van der Waals surface area contributed by atoms with E-state index in [-0.39, 0.29) is 0 Å². The van der Waals surface area contributed by atoms with Crippen LogP contribution >= 0.6 is 0 Å². The van der Waals surface area contributed by atoms with Crippen molar-refractivity contribution in [1.29, 1.82) is 0 Å². The minimum atomic E-state index is 0.641. The molecule has 1 saturated carbocycles. The van der Waals surface area contributed by atoms with Gasteiger partial charge in [0.2, 0.25) is 0 Å². The molecule has 0 amide bonds. The predicted molar refractivity (Wildman–Crippen MR) is 84.1 cm³/mol. The smallest absolute Gasteiger partial charge is 0.135 e. The maximum atomic E-state index is 5.78. The Labute approximate surface area is 125 Å². The van der Waals surface area contributed by atoms with Gasteiger partial charge in [-0.25, -0.2) is 9.97 Å². The third-order valence-corrected chi connectivity index (χ3v) is 4.44. The summed E-state index contributed by atoms with van der Waals surface area (Å²) >= 11 is 0. The van der Waals surface area contributed by atoms with Crippen molar-refractivity contribution in [3.05, 3.63) is 47.4 Å². The second-order valence-corrected chi connectivity index (χ2v) is 6.08. The quantitative estimate of drug-likeness (QED) is 0.875. The van der Waals surface area contributed by atoms with Crippen LogP contribution in [0.5, 0.6) is 0 Å². The highest BCUT2D eigenvalue weighted by molar-refractivity contribution is 5.53. The van der Waals surface area contributed by atoms with E-state index in [4.69, 9.17) is 5.73 Å². The molecule has 2 aromatic rings. The molecule has 0 spiro atoms. The summed E-state index contributed by atoms with van der Waals surface area (Å²) in [5.41, 5.74) is 10.5. The molecule has 4 heteroatoms. The van der Waals surface area contributed by atoms with Crippen LogP contribution in [0.4, 0.5) is 11.5 Å². The van der Waals surface area contributed by atoms with Crippen molar-refractivity contribution in [3.63, 3.8) is 0 Å². The summed E-state index contributed by atoms with van der Waals surface area (Å²) in [7, 11) is 0. The number of hydrogen-bond acceptors (Lipinski definition) is 4. The number of aromatic nitrogens is 2. The maximum absolute atomic E-state index is 5.78. The van der Waals surface area contributed by atoms with Crippen molar-refractivity contribution in [2.45, 2.75) is 44.7 Å². The number of fused-ring (bicyclic) bond motifs is 1. The van der Waals surface area contributed by atoms with Crippen molar-refractivity contribution in [2.75, 3.05) is 10.6 Å². The fourth-order valence-electron chi connectivity index (χ4n) is 3.17. The number of nitrogens with zero attached hydrogens (tertiary/aromatic N) is 3. The van der Waals surface area contributed by atoms with E-state index in [0.29, 0.717) is 6.04 Å². The highest BCUT2D eigenvalue weighted by atomic mass is 15.2. The van der Waals surface area contributed by atoms with Gasteiger partial charge in [-0.3, -0.25) is 0 Å². The molecule has 4 nitrogen and oxygen atoms in total. The minimum absolute atomic E-state index is 0.641. The third-order valence-electron chi connectivity index (χ3n) is 4.44. The molecule has 4 rings (SSSR count). The number of hydrogen-bond donors (Lipinski definition) is 1. The molecule has 0 bridgehead atoms. The standard InChI is InChI=1S/C17H20N4/c18-13-6-4-12(5-7-13)10-21(14-8-9-14)17-15-2-1-3-16(15)19-11-20-17/h4-7,11,14H,1-3,8-10,18H2. The van der Waals surface area contributed by atoms with E-state index in [1.807, 2.05) is 12.1 Å². The van der Waals surface area contributed by atoms with Gasteiger partial charge >= 0.3 is 0 Å². The van der Waals surface area contributed by atoms with Crippen molar-refractivity contribution < 1.29 is 0 Å². The first kappa shape index (κ1) is 12.6. The molecule has 108 valence electrons. The molecule has 1 aromatic heterocycles. The van der Waals surface area contributed by atoms with Crippen molar-refractivity contribution in [2.24, 2.45) is 0 Å². The largest absolute Gasteiger partial charge is 0.399 e. The van der Waals surface area contributed by atoms with E-state index in [1.165, 1.54) is 36.1 Å². The molecule has 2 aliphatic rings. The van der Waals surface area contributed by atoms with Gasteiger partial charge in [-0.05, 0) is 49.8 Å². The van der Waals surface area contributed by atoms with Crippen LogP contribution in [0.3, 0.4) is 0 Å². The lowest BCUT2D eigenvalue weighted by Crippen LogP contribution is -2.27. The molecule has 1 aromatic carbocycles. The number of benzene rings is 1. The Kier molecular flexibility index (Phi) is 3.02. The van der Waals surface area contributed by atoms with Crippen LogP contribution in [0, 0.1) is 0 Å². The van der Waals surface area contributed by atoms with Gasteiger partial charge in [0.1, 0.15) is 12.1 Å². The van der Waals surface area contributed by atoms with E-state index < -0.39 is 0 Å². The zero-order valence-corrected chi connectivity index (χ0v) is 12.1. The normalized spacial score (nSPS) is 16.8. The van der Waals surface area contributed by atoms with Crippen LogP contribution < -0.4 is 10.6 Å². The lowest BCUT2D eigenvalue weighted by Gasteiger charge is -2.25. The van der Waals surface area contributed by atoms with Gasteiger partial charge in [-0.2, -0.15) is 0 Å². The van der Waals surface area contributed by atoms with Gasteiger partial charge in [0.15, 0.2) is 0 Å². The van der Waals surface area contributed by atoms with Crippen LogP contribution in [-0.4, -0.2) is 16.0 Å². The molecule has 1 heterocycles. The third kappa shape index (κ3) is 2.46. The molecule has 1 fully saturated rings. The van der Waals surface area contributed by atoms with Crippen LogP contribution in [0.25, 0.3) is 0 Å². The van der Waals surface area contributed by atoms with Gasteiger partial charge < -0.3 is 10.6 Å². The average Bonchev–Trinajstić information content (AvgIpc) is 3.23. The topological polar surface area (TPSA) is 55.0 Å². The summed E-state index contributed by atoms with van der Waals surface area (Å²) in [6.07, 6.45) is 7.71. The first-order chi connectivity index (χ1) is 10.3. The highest BCUT2D eigenvalue weighted by Crippen LogP contribution is 2.36. The van der Waals surface area contributed by atoms with Crippen molar-refractivity contribution in [3.8, 4) is 0 Å². The molecule has 2 aliphatic carbocycles. The SMILES string of the molecule is Nc1ccc(CN(c2ncnc3c2CCC3)C2CC2)cc1. The fraction of sp³-hybridized carbons (Fsp3) is 0.412. The molecular formula is C17H20N4. The Bertz CT molecular complexity index is 646. The fourth-order valence-corrected chi connectivity index (χ4v) is 3.17. The molecule has 0 aliphatic heterocycles. The summed E-state index contributed by atoms with van der Waals surface area (Å²) in [5.74, 6) is 1.16. The van der Waals surface area contributed by atoms with Gasteiger partial charge in [-0.15, -0.1) is 0 Å². The molecule has 21 heavy (non-hydrogen) atoms. The Morgan fingerprint density at radius 3 is 2.67 bits per heavy atom. The summed E-state index contributed by atoms with van der Waals surface area (Å²) in [4.78, 5) is 11.5. The Morgan fingerprint density at radius 2 is 1.90 bits per heavy atom. The van der Waals surface area contributed by atoms with Crippen LogP contribution in [0.2, 0.25) is 0 Å².